The van der Waals surface area contributed by atoms with Crippen molar-refractivity contribution in [2.45, 2.75) is 12.8 Å². The maximum Gasteiger partial charge on any atom is 0.178 e. The predicted octanol–water partition coefficient (Wildman–Crippen LogP) is 1.70. The summed E-state index contributed by atoms with van der Waals surface area (Å²) >= 11 is 0. The van der Waals surface area contributed by atoms with E-state index in [4.69, 9.17) is 0 Å². The van der Waals surface area contributed by atoms with E-state index >= 15 is 0 Å². The van der Waals surface area contributed by atoms with E-state index in [-0.39, 0.29) is 41.5 Å². The van der Waals surface area contributed by atoms with Gasteiger partial charge >= 0.3 is 0 Å². The Balaban J connectivity index is 2.31. The molecule has 1 fully saturated rings. The second-order valence-corrected chi connectivity index (χ2v) is 4.49. The van der Waals surface area contributed by atoms with Crippen molar-refractivity contribution < 1.29 is 19.5 Å². The lowest BCUT2D eigenvalue weighted by Crippen LogP contribution is -2.37. The number of rotatable bonds is 0. The number of ketones is 3. The molecule has 0 aromatic heterocycles. The van der Waals surface area contributed by atoms with Gasteiger partial charge in [0.15, 0.2) is 11.6 Å². The van der Waals surface area contributed by atoms with Gasteiger partial charge in [0, 0.05) is 24.0 Å². The van der Waals surface area contributed by atoms with Gasteiger partial charge in [-0.1, -0.05) is 24.3 Å². The Kier molecular flexibility index (Phi) is 2.20. The summed E-state index contributed by atoms with van der Waals surface area (Å²) < 4.78 is 0. The minimum atomic E-state index is -1.10. The van der Waals surface area contributed by atoms with Gasteiger partial charge in [0.25, 0.3) is 0 Å². The molecule has 2 aliphatic carbocycles. The molecular weight excluding hydrogens is 232 g/mol. The number of aliphatic hydroxyl groups excluding tert-OH is 1. The topological polar surface area (TPSA) is 71.4 Å². The Morgan fingerprint density at radius 2 is 1.67 bits per heavy atom. The van der Waals surface area contributed by atoms with Gasteiger partial charge in [-0.15, -0.1) is 0 Å². The number of aliphatic hydroxyl groups is 1. The van der Waals surface area contributed by atoms with Crippen molar-refractivity contribution in [2.75, 3.05) is 0 Å². The van der Waals surface area contributed by atoms with Gasteiger partial charge in [0.1, 0.15) is 17.5 Å². The van der Waals surface area contributed by atoms with Crippen LogP contribution in [0.2, 0.25) is 0 Å². The number of hydrogen-bond donors (Lipinski definition) is 1. The zero-order valence-corrected chi connectivity index (χ0v) is 9.47. The Bertz CT molecular complexity index is 624. The van der Waals surface area contributed by atoms with Gasteiger partial charge in [-0.05, 0) is 0 Å². The number of carbonyl (C=O) groups is 3. The average Bonchev–Trinajstić information content (AvgIpc) is 2.38. The second-order valence-electron chi connectivity index (χ2n) is 4.49. The summed E-state index contributed by atoms with van der Waals surface area (Å²) in [5.41, 5.74) is 0.638. The van der Waals surface area contributed by atoms with E-state index in [0.29, 0.717) is 11.1 Å². The van der Waals surface area contributed by atoms with E-state index in [9.17, 15) is 19.5 Å². The average molecular weight is 242 g/mol. The summed E-state index contributed by atoms with van der Waals surface area (Å²) in [5, 5.41) is 10.1. The molecule has 1 saturated carbocycles. The highest BCUT2D eigenvalue weighted by atomic mass is 16.3. The van der Waals surface area contributed by atoms with Crippen molar-refractivity contribution in [3.63, 3.8) is 0 Å². The monoisotopic (exact) mass is 242 g/mol. The van der Waals surface area contributed by atoms with Crippen LogP contribution in [0.5, 0.6) is 0 Å². The van der Waals surface area contributed by atoms with Gasteiger partial charge in [0.2, 0.25) is 0 Å². The van der Waals surface area contributed by atoms with E-state index < -0.39 is 5.92 Å². The molecule has 0 saturated heterocycles. The summed E-state index contributed by atoms with van der Waals surface area (Å²) in [4.78, 5) is 35.9. The molecule has 0 aliphatic heterocycles. The highest BCUT2D eigenvalue weighted by Gasteiger charge is 2.44. The zero-order chi connectivity index (χ0) is 12.9. The van der Waals surface area contributed by atoms with Crippen LogP contribution in [0.25, 0.3) is 5.76 Å². The zero-order valence-electron chi connectivity index (χ0n) is 9.47. The molecule has 0 spiro atoms. The molecule has 3 rings (SSSR count). The molecule has 1 aromatic rings. The normalized spacial score (nSPS) is 22.9. The number of allylic oxidation sites excluding steroid dienone is 1. The highest BCUT2D eigenvalue weighted by molar-refractivity contribution is 6.26. The molecule has 2 aliphatic rings. The van der Waals surface area contributed by atoms with Crippen LogP contribution in [0.3, 0.4) is 0 Å². The van der Waals surface area contributed by atoms with Crippen LogP contribution in [0.15, 0.2) is 29.8 Å². The van der Waals surface area contributed by atoms with Crippen LogP contribution in [-0.4, -0.2) is 22.5 Å². The molecule has 0 bridgehead atoms. The van der Waals surface area contributed by atoms with Gasteiger partial charge in [-0.25, -0.2) is 0 Å². The molecule has 0 radical (unpaired) electrons. The summed E-state index contributed by atoms with van der Waals surface area (Å²) in [6.07, 6.45) is 0.151. The predicted molar refractivity (Wildman–Crippen MR) is 63.1 cm³/mol. The van der Waals surface area contributed by atoms with Crippen LogP contribution < -0.4 is 0 Å². The molecule has 90 valence electrons. The van der Waals surface area contributed by atoms with Crippen LogP contribution in [0.4, 0.5) is 0 Å². The molecule has 4 heteroatoms. The minimum absolute atomic E-state index is 0.0186. The lowest BCUT2D eigenvalue weighted by Gasteiger charge is -2.28. The standard InChI is InChI=1S/C14H10O4/c15-9-5-6-10(16)12-11(9)13(17)7-3-1-2-4-8(7)14(12)18/h1-4,11,18H,5-6H2. The molecule has 18 heavy (non-hydrogen) atoms. The van der Waals surface area contributed by atoms with E-state index in [2.05, 4.69) is 0 Å². The Morgan fingerprint density at radius 1 is 1.00 bits per heavy atom. The summed E-state index contributed by atoms with van der Waals surface area (Å²) in [6.45, 7) is 0. The van der Waals surface area contributed by atoms with Crippen molar-refractivity contribution in [3.8, 4) is 0 Å². The summed E-state index contributed by atoms with van der Waals surface area (Å²) in [7, 11) is 0. The Hall–Kier alpha value is -2.23. The third-order valence-corrected chi connectivity index (χ3v) is 3.47. The fourth-order valence-electron chi connectivity index (χ4n) is 2.59. The first-order chi connectivity index (χ1) is 8.61. The van der Waals surface area contributed by atoms with Crippen LogP contribution in [0, 0.1) is 5.92 Å². The molecule has 1 N–H and O–H groups in total. The van der Waals surface area contributed by atoms with E-state index in [1.165, 1.54) is 0 Å². The fraction of sp³-hybridized carbons (Fsp3) is 0.214. The highest BCUT2D eigenvalue weighted by Crippen LogP contribution is 2.38. The molecule has 1 atom stereocenters. The molecule has 1 unspecified atom stereocenters. The Labute approximate surface area is 103 Å². The molecule has 1 aromatic carbocycles. The first-order valence-electron chi connectivity index (χ1n) is 5.74. The maximum absolute atomic E-state index is 12.2. The summed E-state index contributed by atoms with van der Waals surface area (Å²) in [5.74, 6) is -2.28. The lowest BCUT2D eigenvalue weighted by atomic mass is 9.72. The fourth-order valence-corrected chi connectivity index (χ4v) is 2.59. The Morgan fingerprint density at radius 3 is 2.39 bits per heavy atom. The van der Waals surface area contributed by atoms with Crippen molar-refractivity contribution in [2.24, 2.45) is 5.92 Å². The van der Waals surface area contributed by atoms with Crippen molar-refractivity contribution in [1.29, 1.82) is 0 Å². The third kappa shape index (κ3) is 1.29. The number of fused-ring (bicyclic) bond motifs is 2. The largest absolute Gasteiger partial charge is 0.507 e. The van der Waals surface area contributed by atoms with Gasteiger partial charge in [-0.2, -0.15) is 0 Å². The number of carbonyl (C=O) groups excluding carboxylic acids is 3. The van der Waals surface area contributed by atoms with Crippen LogP contribution in [0.1, 0.15) is 28.8 Å². The van der Waals surface area contributed by atoms with E-state index in [0.717, 1.165) is 0 Å². The van der Waals surface area contributed by atoms with Crippen molar-refractivity contribution in [1.82, 2.24) is 0 Å². The number of benzene rings is 1. The third-order valence-electron chi connectivity index (χ3n) is 3.47. The lowest BCUT2D eigenvalue weighted by molar-refractivity contribution is -0.127. The smallest absolute Gasteiger partial charge is 0.178 e. The number of hydrogen-bond acceptors (Lipinski definition) is 4. The second kappa shape index (κ2) is 3.63. The minimum Gasteiger partial charge on any atom is -0.507 e. The molecule has 0 amide bonds. The van der Waals surface area contributed by atoms with E-state index in [1.807, 2.05) is 0 Å². The van der Waals surface area contributed by atoms with Crippen molar-refractivity contribution in [3.05, 3.63) is 41.0 Å². The first kappa shape index (κ1) is 10.9. The quantitative estimate of drug-likeness (QED) is 0.703. The molecule has 4 nitrogen and oxygen atoms in total. The maximum atomic E-state index is 12.2. The summed E-state index contributed by atoms with van der Waals surface area (Å²) in [6, 6.07) is 6.50. The van der Waals surface area contributed by atoms with Crippen LogP contribution in [-0.2, 0) is 9.59 Å². The van der Waals surface area contributed by atoms with Crippen molar-refractivity contribution >= 4 is 23.1 Å². The number of Topliss-reactive ketones (excluding diaryl/α,β-unsaturated/α-hetero) is 3. The molecular formula is C14H10O4. The van der Waals surface area contributed by atoms with E-state index in [1.54, 1.807) is 24.3 Å². The SMILES string of the molecule is O=C1CCC(=O)C2C(=O)c3ccccc3C(O)=C12. The van der Waals surface area contributed by atoms with Gasteiger partial charge in [-0.3, -0.25) is 14.4 Å². The first-order valence-corrected chi connectivity index (χ1v) is 5.74. The van der Waals surface area contributed by atoms with Gasteiger partial charge in [0.05, 0.1) is 5.57 Å². The van der Waals surface area contributed by atoms with Gasteiger partial charge < -0.3 is 5.11 Å². The van der Waals surface area contributed by atoms with Crippen LogP contribution >= 0.6 is 0 Å². The molecule has 0 heterocycles.